The number of rotatable bonds is 10. The highest BCUT2D eigenvalue weighted by Crippen LogP contribution is 1.99. The van der Waals surface area contributed by atoms with Crippen LogP contribution >= 0.6 is 0 Å². The Labute approximate surface area is 96.1 Å². The third-order valence-corrected chi connectivity index (χ3v) is 3.79. The molecule has 3 nitrogen and oxygen atoms in total. The smallest absolute Gasteiger partial charge is 0.0446 e. The Kier molecular flexibility index (Phi) is 10.6. The molecule has 0 radical (unpaired) electrons. The highest BCUT2D eigenvalue weighted by Gasteiger charge is 2.10. The summed E-state index contributed by atoms with van der Waals surface area (Å²) in [5, 5.41) is 12.2. The van der Waals surface area contributed by atoms with Crippen LogP contribution in [0.2, 0.25) is 0 Å². The number of hydrogen-bond acceptors (Lipinski definition) is 3. The molecule has 2 atom stereocenters. The van der Waals surface area contributed by atoms with Gasteiger partial charge in [-0.1, -0.05) is 20.3 Å². The van der Waals surface area contributed by atoms with E-state index in [0.717, 1.165) is 31.6 Å². The van der Waals surface area contributed by atoms with Crippen molar-refractivity contribution in [1.82, 2.24) is 5.32 Å². The van der Waals surface area contributed by atoms with E-state index in [2.05, 4.69) is 19.2 Å². The third-order valence-electron chi connectivity index (χ3n) is 2.27. The molecule has 0 heterocycles. The quantitative estimate of drug-likeness (QED) is 0.600. The van der Waals surface area contributed by atoms with Crippen LogP contribution in [0.3, 0.4) is 0 Å². The van der Waals surface area contributed by atoms with Gasteiger partial charge in [-0.3, -0.25) is 4.21 Å². The predicted molar refractivity (Wildman–Crippen MR) is 66.6 cm³/mol. The lowest BCUT2D eigenvalue weighted by molar-refractivity contribution is 0.270. The van der Waals surface area contributed by atoms with Gasteiger partial charge in [-0.2, -0.15) is 0 Å². The van der Waals surface area contributed by atoms with Crippen LogP contribution in [0.4, 0.5) is 0 Å². The Morgan fingerprint density at radius 1 is 1.33 bits per heavy atom. The van der Waals surface area contributed by atoms with Crippen LogP contribution in [-0.4, -0.2) is 40.0 Å². The van der Waals surface area contributed by atoms with Crippen LogP contribution < -0.4 is 5.32 Å². The van der Waals surface area contributed by atoms with E-state index in [1.54, 1.807) is 0 Å². The largest absolute Gasteiger partial charge is 0.396 e. The summed E-state index contributed by atoms with van der Waals surface area (Å²) in [6, 6.07) is 0.215. The molecule has 0 amide bonds. The second kappa shape index (κ2) is 10.6. The third kappa shape index (κ3) is 9.03. The van der Waals surface area contributed by atoms with Gasteiger partial charge in [0.2, 0.25) is 0 Å². The van der Waals surface area contributed by atoms with Crippen molar-refractivity contribution in [2.75, 3.05) is 24.7 Å². The standard InChI is InChI=1S/C11H25NO2S/c1-3-5-9-15(14)10-11(6-8-13)12-7-4-2/h11-13H,3-10H2,1-2H3. The minimum absolute atomic E-state index is 0.173. The second-order valence-corrected chi connectivity index (χ2v) is 5.45. The van der Waals surface area contributed by atoms with Crippen LogP contribution in [0, 0.1) is 0 Å². The predicted octanol–water partition coefficient (Wildman–Crippen LogP) is 1.29. The van der Waals surface area contributed by atoms with Gasteiger partial charge >= 0.3 is 0 Å². The summed E-state index contributed by atoms with van der Waals surface area (Å²) in [5.74, 6) is 1.48. The molecule has 2 N–H and O–H groups in total. The van der Waals surface area contributed by atoms with Crippen LogP contribution in [0.5, 0.6) is 0 Å². The summed E-state index contributed by atoms with van der Waals surface area (Å²) in [6.07, 6.45) is 3.91. The number of aliphatic hydroxyl groups excluding tert-OH is 1. The summed E-state index contributed by atoms with van der Waals surface area (Å²) in [5.41, 5.74) is 0. The van der Waals surface area contributed by atoms with E-state index in [4.69, 9.17) is 5.11 Å². The first kappa shape index (κ1) is 15.1. The van der Waals surface area contributed by atoms with Crippen molar-refractivity contribution in [2.24, 2.45) is 0 Å². The zero-order chi connectivity index (χ0) is 11.5. The van der Waals surface area contributed by atoms with Crippen molar-refractivity contribution in [3.05, 3.63) is 0 Å². The Morgan fingerprint density at radius 3 is 2.60 bits per heavy atom. The van der Waals surface area contributed by atoms with Crippen molar-refractivity contribution >= 4 is 10.8 Å². The molecule has 0 aromatic carbocycles. The maximum atomic E-state index is 11.6. The SMILES string of the molecule is CCCCS(=O)CC(CCO)NCCC. The molecule has 0 aliphatic heterocycles. The van der Waals surface area contributed by atoms with Gasteiger partial charge in [0.1, 0.15) is 0 Å². The lowest BCUT2D eigenvalue weighted by Gasteiger charge is -2.16. The minimum Gasteiger partial charge on any atom is -0.396 e. The summed E-state index contributed by atoms with van der Waals surface area (Å²) in [6.45, 7) is 5.33. The van der Waals surface area contributed by atoms with Gasteiger partial charge in [0, 0.05) is 35.0 Å². The van der Waals surface area contributed by atoms with E-state index in [1.807, 2.05) is 0 Å². The molecule has 2 unspecified atom stereocenters. The molecule has 0 aromatic heterocycles. The Balaban J connectivity index is 3.76. The van der Waals surface area contributed by atoms with Crippen molar-refractivity contribution < 1.29 is 9.32 Å². The first-order valence-corrected chi connectivity index (χ1v) is 7.42. The van der Waals surface area contributed by atoms with E-state index < -0.39 is 10.8 Å². The molecule has 0 aromatic rings. The number of aliphatic hydroxyl groups is 1. The molecule has 0 fully saturated rings. The number of hydrogen-bond donors (Lipinski definition) is 2. The van der Waals surface area contributed by atoms with E-state index in [-0.39, 0.29) is 12.6 Å². The summed E-state index contributed by atoms with van der Waals surface area (Å²) in [7, 11) is -0.729. The summed E-state index contributed by atoms with van der Waals surface area (Å²) < 4.78 is 11.6. The fourth-order valence-electron chi connectivity index (χ4n) is 1.36. The number of unbranched alkanes of at least 4 members (excludes halogenated alkanes) is 1. The van der Waals surface area contributed by atoms with E-state index in [9.17, 15) is 4.21 Å². The fourth-order valence-corrected chi connectivity index (χ4v) is 2.87. The van der Waals surface area contributed by atoms with Gasteiger partial charge in [-0.05, 0) is 25.8 Å². The molecule has 15 heavy (non-hydrogen) atoms. The maximum Gasteiger partial charge on any atom is 0.0446 e. The van der Waals surface area contributed by atoms with Gasteiger partial charge in [-0.25, -0.2) is 0 Å². The topological polar surface area (TPSA) is 49.3 Å². The molecule has 0 bridgehead atoms. The molecule has 0 rings (SSSR count). The second-order valence-electron chi connectivity index (χ2n) is 3.83. The summed E-state index contributed by atoms with van der Waals surface area (Å²) in [4.78, 5) is 0. The fraction of sp³-hybridized carbons (Fsp3) is 1.00. The van der Waals surface area contributed by atoms with Crippen molar-refractivity contribution in [2.45, 2.75) is 45.6 Å². The van der Waals surface area contributed by atoms with Crippen LogP contribution in [0.1, 0.15) is 39.5 Å². The van der Waals surface area contributed by atoms with Crippen LogP contribution in [0.15, 0.2) is 0 Å². The molecule has 0 spiro atoms. The zero-order valence-electron chi connectivity index (χ0n) is 10.00. The van der Waals surface area contributed by atoms with Crippen molar-refractivity contribution in [1.29, 1.82) is 0 Å². The van der Waals surface area contributed by atoms with Crippen molar-refractivity contribution in [3.8, 4) is 0 Å². The highest BCUT2D eigenvalue weighted by atomic mass is 32.2. The molecule has 0 aliphatic carbocycles. The zero-order valence-corrected chi connectivity index (χ0v) is 10.8. The highest BCUT2D eigenvalue weighted by molar-refractivity contribution is 7.85. The Bertz CT molecular complexity index is 165. The molecule has 92 valence electrons. The molecule has 4 heteroatoms. The van der Waals surface area contributed by atoms with Gasteiger partial charge < -0.3 is 10.4 Å². The van der Waals surface area contributed by atoms with Gasteiger partial charge in [-0.15, -0.1) is 0 Å². The molecule has 0 aliphatic rings. The minimum atomic E-state index is -0.729. The summed E-state index contributed by atoms with van der Waals surface area (Å²) >= 11 is 0. The average Bonchev–Trinajstić information content (AvgIpc) is 2.23. The lowest BCUT2D eigenvalue weighted by atomic mass is 10.2. The first-order valence-electron chi connectivity index (χ1n) is 5.93. The van der Waals surface area contributed by atoms with Gasteiger partial charge in [0.25, 0.3) is 0 Å². The van der Waals surface area contributed by atoms with E-state index >= 15 is 0 Å². The Hall–Kier alpha value is 0.0700. The maximum absolute atomic E-state index is 11.6. The molecular weight excluding hydrogens is 210 g/mol. The molecule has 0 saturated carbocycles. The number of nitrogens with one attached hydrogen (secondary N) is 1. The normalized spacial score (nSPS) is 15.1. The molecular formula is C11H25NO2S. The van der Waals surface area contributed by atoms with Crippen molar-refractivity contribution in [3.63, 3.8) is 0 Å². The lowest BCUT2D eigenvalue weighted by Crippen LogP contribution is -2.35. The van der Waals surface area contributed by atoms with Gasteiger partial charge in [0.15, 0.2) is 0 Å². The van der Waals surface area contributed by atoms with Crippen LogP contribution in [0.25, 0.3) is 0 Å². The first-order chi connectivity index (χ1) is 7.24. The van der Waals surface area contributed by atoms with E-state index in [1.165, 1.54) is 0 Å². The van der Waals surface area contributed by atoms with Gasteiger partial charge in [0.05, 0.1) is 0 Å². The monoisotopic (exact) mass is 235 g/mol. The average molecular weight is 235 g/mol. The van der Waals surface area contributed by atoms with E-state index in [0.29, 0.717) is 12.2 Å². The van der Waals surface area contributed by atoms with Crippen LogP contribution in [-0.2, 0) is 10.8 Å². The Morgan fingerprint density at radius 2 is 2.07 bits per heavy atom. The molecule has 0 saturated heterocycles.